The topological polar surface area (TPSA) is 19.7 Å². The van der Waals surface area contributed by atoms with Crippen LogP contribution in [0.25, 0.3) is 44.3 Å². The zero-order valence-corrected chi connectivity index (χ0v) is 20.5. The Balaban J connectivity index is 0.000000320. The third kappa shape index (κ3) is 5.30. The summed E-state index contributed by atoms with van der Waals surface area (Å²) in [4.78, 5) is 3.67. The average molecular weight is 601 g/mol. The van der Waals surface area contributed by atoms with Gasteiger partial charge < -0.3 is 4.98 Å². The number of hydrogen-bond donors (Lipinski definition) is 1. The first-order valence-electron chi connectivity index (χ1n) is 10.6. The molecule has 0 amide bonds. The number of nitrogens with zero attached hydrogens (tertiary/aromatic N) is 1. The molecule has 0 unspecified atom stereocenters. The van der Waals surface area contributed by atoms with Gasteiger partial charge in [0.1, 0.15) is 11.5 Å². The monoisotopic (exact) mass is 600 g/mol. The number of aryl methyl sites for hydroxylation is 1. The molecule has 0 saturated carbocycles. The number of halogens is 7. The molecular formula is C25H18F7N2Sb. The summed E-state index contributed by atoms with van der Waals surface area (Å²) in [5.41, 5.74) is 7.14. The number of H-pyrrole nitrogens is 1. The molecule has 1 aliphatic heterocycles. The Morgan fingerprint density at radius 3 is 2.03 bits per heavy atom. The van der Waals surface area contributed by atoms with Crippen LogP contribution in [0.15, 0.2) is 78.9 Å². The Kier molecular flexibility index (Phi) is 5.05. The van der Waals surface area contributed by atoms with Crippen LogP contribution in [-0.4, -0.2) is 24.5 Å². The molecular weight excluding hydrogens is 583 g/mol. The molecule has 6 rings (SSSR count). The molecule has 0 atom stereocenters. The number of hydrogen-bond acceptors (Lipinski definition) is 0. The van der Waals surface area contributed by atoms with Gasteiger partial charge in [-0.3, -0.25) is 0 Å². The number of nitrogens with one attached hydrogen (secondary N) is 1. The van der Waals surface area contributed by atoms with E-state index in [1.807, 2.05) is 12.1 Å². The van der Waals surface area contributed by atoms with E-state index < -0.39 is 19.5 Å². The number of benzene rings is 3. The Hall–Kier alpha value is -3.06. The van der Waals surface area contributed by atoms with Gasteiger partial charge in [-0.05, 0) is 47.3 Å². The van der Waals surface area contributed by atoms with E-state index in [1.165, 1.54) is 50.8 Å². The summed E-state index contributed by atoms with van der Waals surface area (Å²) in [7, 11) is 0. The van der Waals surface area contributed by atoms with Crippen LogP contribution in [-0.2, 0) is 13.0 Å². The molecule has 0 saturated heterocycles. The van der Waals surface area contributed by atoms with Gasteiger partial charge in [0, 0.05) is 29.0 Å². The van der Waals surface area contributed by atoms with E-state index >= 15 is 0 Å². The molecule has 182 valence electrons. The molecule has 35 heavy (non-hydrogen) atoms. The second kappa shape index (κ2) is 7.47. The standard InChI is InChI=1S/C25H17FN2.6FH.Sb/c26-18-11-9-16(10-12-18)23-15-17-5-1-2-6-19(17)25-24-21(13-14-28(23)25)20-7-3-4-8-22(20)27-24;;;;;;;/h1-12,15H,13-14H2;6*1H;/q;;;;;;;+5/p-5. The molecule has 0 bridgehead atoms. The van der Waals surface area contributed by atoms with Crippen molar-refractivity contribution in [3.05, 3.63) is 90.2 Å². The van der Waals surface area contributed by atoms with Crippen molar-refractivity contribution in [3.8, 4) is 22.6 Å². The summed E-state index contributed by atoms with van der Waals surface area (Å²) < 4.78 is 75.4. The van der Waals surface area contributed by atoms with Crippen molar-refractivity contribution in [3.63, 3.8) is 0 Å². The van der Waals surface area contributed by atoms with E-state index in [0.29, 0.717) is 0 Å². The molecule has 0 radical (unpaired) electrons. The second-order valence-corrected chi connectivity index (χ2v) is 13.8. The number of fused-ring (bicyclic) bond motifs is 7. The van der Waals surface area contributed by atoms with Gasteiger partial charge in [-0.2, -0.15) is 4.57 Å². The van der Waals surface area contributed by atoms with Crippen LogP contribution in [0.5, 0.6) is 0 Å². The second-order valence-electron chi connectivity index (χ2n) is 8.36. The van der Waals surface area contributed by atoms with E-state index in [-0.39, 0.29) is 5.82 Å². The van der Waals surface area contributed by atoms with E-state index in [2.05, 4.69) is 64.1 Å². The first kappa shape index (κ1) is 23.7. The SMILES string of the molecule is Fc1ccc(-c2cc3ccccc3c3[n+]2CCc2c-3[nH]c3ccccc23)cc1.[F][Sb-]([F])([F])([F])([F])[F]. The normalized spacial score (nSPS) is 14.9. The van der Waals surface area contributed by atoms with Crippen molar-refractivity contribution in [1.82, 2.24) is 4.98 Å². The Labute approximate surface area is 197 Å². The van der Waals surface area contributed by atoms with Crippen molar-refractivity contribution in [1.29, 1.82) is 0 Å². The van der Waals surface area contributed by atoms with Crippen LogP contribution < -0.4 is 4.57 Å². The third-order valence-electron chi connectivity index (χ3n) is 5.84. The fourth-order valence-electron chi connectivity index (χ4n) is 4.58. The maximum atomic E-state index is 13.5. The molecule has 3 aromatic carbocycles. The van der Waals surface area contributed by atoms with E-state index in [9.17, 15) is 21.3 Å². The van der Waals surface area contributed by atoms with Crippen LogP contribution in [0, 0.1) is 5.82 Å². The fraction of sp³-hybridized carbons (Fsp3) is 0.0800. The summed E-state index contributed by atoms with van der Waals surface area (Å²) in [6.45, 7) is 0.904. The fourth-order valence-corrected chi connectivity index (χ4v) is 4.58. The third-order valence-corrected chi connectivity index (χ3v) is 5.84. The summed E-state index contributed by atoms with van der Waals surface area (Å²) >= 11 is -11.2. The van der Waals surface area contributed by atoms with Crippen LogP contribution in [0.2, 0.25) is 0 Å². The quantitative estimate of drug-likeness (QED) is 0.115. The number of rotatable bonds is 1. The molecule has 0 spiro atoms. The summed E-state index contributed by atoms with van der Waals surface area (Å²) in [6.07, 6.45) is 0.976. The zero-order chi connectivity index (χ0) is 25.1. The van der Waals surface area contributed by atoms with Crippen LogP contribution in [0.1, 0.15) is 5.56 Å². The Bertz CT molecular complexity index is 1580. The number of pyridine rings is 1. The molecule has 0 fully saturated rings. The number of para-hydroxylation sites is 1. The predicted molar refractivity (Wildman–Crippen MR) is 123 cm³/mol. The van der Waals surface area contributed by atoms with Crippen molar-refractivity contribution >= 4 is 41.2 Å². The summed E-state index contributed by atoms with van der Waals surface area (Å²) in [5.74, 6) is -0.207. The van der Waals surface area contributed by atoms with Gasteiger partial charge in [0.25, 0.3) is 0 Å². The first-order chi connectivity index (χ1) is 16.2. The molecule has 3 heterocycles. The molecule has 2 nitrogen and oxygen atoms in total. The van der Waals surface area contributed by atoms with Gasteiger partial charge in [-0.15, -0.1) is 0 Å². The van der Waals surface area contributed by atoms with Crippen molar-refractivity contribution in [2.24, 2.45) is 0 Å². The van der Waals surface area contributed by atoms with E-state index in [4.69, 9.17) is 0 Å². The van der Waals surface area contributed by atoms with E-state index in [0.717, 1.165) is 24.2 Å². The predicted octanol–water partition coefficient (Wildman–Crippen LogP) is 7.78. The van der Waals surface area contributed by atoms with Crippen LogP contribution >= 0.6 is 0 Å². The van der Waals surface area contributed by atoms with Crippen molar-refractivity contribution < 1.29 is 25.8 Å². The number of aromatic amines is 1. The van der Waals surface area contributed by atoms with Crippen molar-refractivity contribution in [2.45, 2.75) is 13.0 Å². The molecule has 2 aromatic heterocycles. The molecule has 1 aliphatic rings. The van der Waals surface area contributed by atoms with Gasteiger partial charge in [0.15, 0.2) is 6.54 Å². The maximum absolute atomic E-state index is 13.5. The van der Waals surface area contributed by atoms with Gasteiger partial charge in [0.05, 0.1) is 5.39 Å². The molecule has 1 N–H and O–H groups in total. The molecule has 5 aromatic rings. The first-order valence-corrected chi connectivity index (χ1v) is 16.4. The van der Waals surface area contributed by atoms with Gasteiger partial charge >= 0.3 is 36.4 Å². The Morgan fingerprint density at radius 2 is 1.34 bits per heavy atom. The van der Waals surface area contributed by atoms with Gasteiger partial charge in [0.2, 0.25) is 11.4 Å². The van der Waals surface area contributed by atoms with Crippen LogP contribution in [0.4, 0.5) is 21.3 Å². The zero-order valence-electron chi connectivity index (χ0n) is 18.0. The Morgan fingerprint density at radius 1 is 0.743 bits per heavy atom. The molecule has 0 aliphatic carbocycles. The minimum atomic E-state index is -11.2. The average Bonchev–Trinajstić information content (AvgIpc) is 3.16. The van der Waals surface area contributed by atoms with Gasteiger partial charge in [-0.25, -0.2) is 4.39 Å². The molecule has 10 heteroatoms. The van der Waals surface area contributed by atoms with Crippen LogP contribution in [0.3, 0.4) is 0 Å². The van der Waals surface area contributed by atoms with Crippen molar-refractivity contribution in [2.75, 3.05) is 0 Å². The van der Waals surface area contributed by atoms with Gasteiger partial charge in [-0.1, -0.05) is 36.4 Å². The summed E-state index contributed by atoms with van der Waals surface area (Å²) in [5, 5.41) is 3.74. The summed E-state index contributed by atoms with van der Waals surface area (Å²) in [6, 6.07) is 26.1. The number of aromatic nitrogens is 2. The van der Waals surface area contributed by atoms with E-state index in [1.54, 1.807) is 0 Å². The minimum absolute atomic E-state index is 0.207.